The third kappa shape index (κ3) is 3.69. The molecule has 1 N–H and O–H groups in total. The lowest BCUT2D eigenvalue weighted by atomic mass is 9.95. The van der Waals surface area contributed by atoms with Crippen molar-refractivity contribution in [2.24, 2.45) is 0 Å². The van der Waals surface area contributed by atoms with Crippen LogP contribution in [0.1, 0.15) is 22.7 Å². The van der Waals surface area contributed by atoms with Crippen molar-refractivity contribution in [3.63, 3.8) is 0 Å². The van der Waals surface area contributed by atoms with Gasteiger partial charge in [-0.25, -0.2) is 0 Å². The van der Waals surface area contributed by atoms with E-state index in [1.807, 2.05) is 66.7 Å². The first-order chi connectivity index (χ1) is 14.2. The molecule has 0 aromatic heterocycles. The average Bonchev–Trinajstić information content (AvgIpc) is 3.04. The predicted octanol–water partition coefficient (Wildman–Crippen LogP) is 4.35. The number of hydrogen-bond acceptors (Lipinski definition) is 3. The molecule has 0 saturated carbocycles. The van der Waals surface area contributed by atoms with E-state index < -0.39 is 17.7 Å². The molecule has 1 amide bonds. The van der Waals surface area contributed by atoms with Gasteiger partial charge in [0.25, 0.3) is 11.7 Å². The molecule has 1 aliphatic rings. The van der Waals surface area contributed by atoms with Gasteiger partial charge in [-0.05, 0) is 17.5 Å². The van der Waals surface area contributed by atoms with Crippen LogP contribution >= 0.6 is 0 Å². The van der Waals surface area contributed by atoms with Crippen LogP contribution in [-0.2, 0) is 16.0 Å². The van der Waals surface area contributed by atoms with Crippen molar-refractivity contribution in [1.29, 1.82) is 0 Å². The van der Waals surface area contributed by atoms with Crippen LogP contribution in [0, 0.1) is 0 Å². The highest BCUT2D eigenvalue weighted by atomic mass is 16.3. The molecule has 3 aromatic rings. The Bertz CT molecular complexity index is 1040. The van der Waals surface area contributed by atoms with Crippen molar-refractivity contribution >= 4 is 17.4 Å². The SMILES string of the molecule is O=C1C(=O)N(CCc2ccccc2)[C@@H](c2ccccc2)/C1=C(\O)c1ccccc1. The number of nitrogens with zero attached hydrogens (tertiary/aromatic N) is 1. The number of rotatable bonds is 5. The summed E-state index contributed by atoms with van der Waals surface area (Å²) in [5, 5.41) is 10.9. The highest BCUT2D eigenvalue weighted by Crippen LogP contribution is 2.39. The Labute approximate surface area is 169 Å². The lowest BCUT2D eigenvalue weighted by Gasteiger charge is -2.25. The first-order valence-electron chi connectivity index (χ1n) is 9.59. The molecule has 1 atom stereocenters. The van der Waals surface area contributed by atoms with Crippen LogP contribution < -0.4 is 0 Å². The number of amides is 1. The molecule has 0 unspecified atom stereocenters. The summed E-state index contributed by atoms with van der Waals surface area (Å²) in [6, 6.07) is 27.5. The zero-order valence-corrected chi connectivity index (χ0v) is 15.9. The fourth-order valence-corrected chi connectivity index (χ4v) is 3.74. The first kappa shape index (κ1) is 18.7. The summed E-state index contributed by atoms with van der Waals surface area (Å²) in [6.45, 7) is 0.389. The third-order valence-corrected chi connectivity index (χ3v) is 5.19. The van der Waals surface area contributed by atoms with E-state index in [0.29, 0.717) is 18.5 Å². The van der Waals surface area contributed by atoms with Gasteiger partial charge in [-0.1, -0.05) is 91.0 Å². The summed E-state index contributed by atoms with van der Waals surface area (Å²) in [4.78, 5) is 27.4. The van der Waals surface area contributed by atoms with Gasteiger partial charge in [0.15, 0.2) is 0 Å². The van der Waals surface area contributed by atoms with Crippen molar-refractivity contribution in [1.82, 2.24) is 4.90 Å². The fraction of sp³-hybridized carbons (Fsp3) is 0.120. The van der Waals surface area contributed by atoms with Crippen LogP contribution in [0.15, 0.2) is 96.6 Å². The van der Waals surface area contributed by atoms with E-state index >= 15 is 0 Å². The molecule has 3 aromatic carbocycles. The Morgan fingerprint density at radius 1 is 0.793 bits per heavy atom. The van der Waals surface area contributed by atoms with Crippen LogP contribution in [0.2, 0.25) is 0 Å². The summed E-state index contributed by atoms with van der Waals surface area (Å²) in [5.41, 5.74) is 2.55. The van der Waals surface area contributed by atoms with Gasteiger partial charge in [0.05, 0.1) is 11.6 Å². The van der Waals surface area contributed by atoms with Crippen LogP contribution in [0.5, 0.6) is 0 Å². The van der Waals surface area contributed by atoms with Crippen LogP contribution in [0.4, 0.5) is 0 Å². The minimum atomic E-state index is -0.645. The average molecular weight is 383 g/mol. The van der Waals surface area contributed by atoms with Gasteiger partial charge in [0.2, 0.25) is 0 Å². The van der Waals surface area contributed by atoms with Gasteiger partial charge in [0.1, 0.15) is 5.76 Å². The molecule has 144 valence electrons. The summed E-state index contributed by atoms with van der Waals surface area (Å²) in [6.07, 6.45) is 0.628. The molecular formula is C25H21NO3. The topological polar surface area (TPSA) is 57.6 Å². The highest BCUT2D eigenvalue weighted by molar-refractivity contribution is 6.46. The highest BCUT2D eigenvalue weighted by Gasteiger charge is 2.45. The Morgan fingerprint density at radius 2 is 1.34 bits per heavy atom. The Kier molecular flexibility index (Phi) is 5.25. The van der Waals surface area contributed by atoms with Crippen LogP contribution in [0.3, 0.4) is 0 Å². The molecule has 0 aliphatic carbocycles. The fourth-order valence-electron chi connectivity index (χ4n) is 3.74. The smallest absolute Gasteiger partial charge is 0.295 e. The van der Waals surface area contributed by atoms with E-state index in [-0.39, 0.29) is 11.3 Å². The van der Waals surface area contributed by atoms with E-state index in [9.17, 15) is 14.7 Å². The number of likely N-dealkylation sites (tertiary alicyclic amines) is 1. The van der Waals surface area contributed by atoms with Crippen molar-refractivity contribution in [2.45, 2.75) is 12.5 Å². The molecule has 0 radical (unpaired) electrons. The number of aliphatic hydroxyl groups excluding tert-OH is 1. The molecule has 4 heteroatoms. The normalized spacial score (nSPS) is 18.2. The number of hydrogen-bond donors (Lipinski definition) is 1. The molecule has 1 aliphatic heterocycles. The van der Waals surface area contributed by atoms with Crippen LogP contribution in [0.25, 0.3) is 5.76 Å². The maximum atomic E-state index is 12.9. The summed E-state index contributed by atoms with van der Waals surface area (Å²) in [7, 11) is 0. The van der Waals surface area contributed by atoms with E-state index in [2.05, 4.69) is 0 Å². The van der Waals surface area contributed by atoms with Gasteiger partial charge in [-0.3, -0.25) is 9.59 Å². The Balaban J connectivity index is 1.76. The number of Topliss-reactive ketones (excluding diaryl/α,β-unsaturated/α-hetero) is 1. The van der Waals surface area contributed by atoms with Crippen LogP contribution in [-0.4, -0.2) is 28.2 Å². The van der Waals surface area contributed by atoms with E-state index in [0.717, 1.165) is 11.1 Å². The lowest BCUT2D eigenvalue weighted by molar-refractivity contribution is -0.139. The van der Waals surface area contributed by atoms with Gasteiger partial charge in [-0.15, -0.1) is 0 Å². The number of ketones is 1. The van der Waals surface area contributed by atoms with E-state index in [1.165, 1.54) is 0 Å². The van der Waals surface area contributed by atoms with E-state index in [1.54, 1.807) is 29.2 Å². The van der Waals surface area contributed by atoms with E-state index in [4.69, 9.17) is 0 Å². The summed E-state index contributed by atoms with van der Waals surface area (Å²) < 4.78 is 0. The quantitative estimate of drug-likeness (QED) is 0.405. The monoisotopic (exact) mass is 383 g/mol. The maximum Gasteiger partial charge on any atom is 0.295 e. The second-order valence-electron chi connectivity index (χ2n) is 7.00. The molecule has 0 bridgehead atoms. The lowest BCUT2D eigenvalue weighted by Crippen LogP contribution is -2.31. The molecular weight excluding hydrogens is 362 g/mol. The number of benzene rings is 3. The Morgan fingerprint density at radius 3 is 1.97 bits per heavy atom. The molecule has 1 fully saturated rings. The molecule has 4 nitrogen and oxygen atoms in total. The summed E-state index contributed by atoms with van der Waals surface area (Å²) in [5.74, 6) is -1.36. The zero-order chi connectivity index (χ0) is 20.2. The zero-order valence-electron chi connectivity index (χ0n) is 15.9. The molecule has 1 saturated heterocycles. The second kappa shape index (κ2) is 8.15. The molecule has 29 heavy (non-hydrogen) atoms. The van der Waals surface area contributed by atoms with Gasteiger partial charge < -0.3 is 10.0 Å². The molecule has 4 rings (SSSR count). The third-order valence-electron chi connectivity index (χ3n) is 5.19. The van der Waals surface area contributed by atoms with Gasteiger partial charge >= 0.3 is 0 Å². The number of carbonyl (C=O) groups is 2. The van der Waals surface area contributed by atoms with Crippen molar-refractivity contribution in [3.05, 3.63) is 113 Å². The number of carbonyl (C=O) groups excluding carboxylic acids is 2. The first-order valence-corrected chi connectivity index (χ1v) is 9.59. The minimum absolute atomic E-state index is 0.139. The molecule has 0 spiro atoms. The largest absolute Gasteiger partial charge is 0.507 e. The predicted molar refractivity (Wildman–Crippen MR) is 112 cm³/mol. The minimum Gasteiger partial charge on any atom is -0.507 e. The standard InChI is InChI=1S/C25H21NO3/c27-23(20-14-8-3-9-15-20)21-22(19-12-6-2-7-13-19)26(25(29)24(21)28)17-16-18-10-4-1-5-11-18/h1-15,22,27H,16-17H2/b23-21+/t22-/m0/s1. The van der Waals surface area contributed by atoms with Gasteiger partial charge in [-0.2, -0.15) is 0 Å². The number of aliphatic hydroxyl groups is 1. The van der Waals surface area contributed by atoms with Crippen molar-refractivity contribution < 1.29 is 14.7 Å². The van der Waals surface area contributed by atoms with Gasteiger partial charge in [0, 0.05) is 12.1 Å². The maximum absolute atomic E-state index is 12.9. The second-order valence-corrected chi connectivity index (χ2v) is 7.00. The molecule has 1 heterocycles. The summed E-state index contributed by atoms with van der Waals surface area (Å²) >= 11 is 0. The Hall–Kier alpha value is -3.66. The van der Waals surface area contributed by atoms with Crippen molar-refractivity contribution in [3.8, 4) is 0 Å². The van der Waals surface area contributed by atoms with Crippen molar-refractivity contribution in [2.75, 3.05) is 6.54 Å².